The second kappa shape index (κ2) is 7.71. The van der Waals surface area contributed by atoms with Gasteiger partial charge in [-0.3, -0.25) is 14.9 Å². The maximum atomic E-state index is 13.5. The molecule has 0 bridgehead atoms. The lowest BCUT2D eigenvalue weighted by Crippen LogP contribution is -2.33. The van der Waals surface area contributed by atoms with Crippen LogP contribution < -0.4 is 16.1 Å². The molecule has 1 fully saturated rings. The molecule has 156 valence electrons. The van der Waals surface area contributed by atoms with Gasteiger partial charge in [0.25, 0.3) is 11.2 Å². The number of nitro benzene ring substituents is 1. The molecule has 0 radical (unpaired) electrons. The van der Waals surface area contributed by atoms with E-state index in [1.165, 1.54) is 12.1 Å². The van der Waals surface area contributed by atoms with Gasteiger partial charge in [-0.2, -0.15) is 0 Å². The van der Waals surface area contributed by atoms with Crippen LogP contribution in [0, 0.1) is 10.1 Å². The molecule has 3 heterocycles. The van der Waals surface area contributed by atoms with Gasteiger partial charge in [0.15, 0.2) is 5.65 Å². The number of nitrogens with one attached hydrogen (secondary N) is 1. The summed E-state index contributed by atoms with van der Waals surface area (Å²) in [5.74, 6) is 0. The van der Waals surface area contributed by atoms with Crippen LogP contribution in [0.1, 0.15) is 25.7 Å². The molecule has 8 heteroatoms. The topological polar surface area (TPSA) is 94.5 Å². The summed E-state index contributed by atoms with van der Waals surface area (Å²) in [7, 11) is 0. The number of rotatable bonds is 3. The lowest BCUT2D eigenvalue weighted by atomic mass is 10.1. The molecule has 2 aromatic heterocycles. The summed E-state index contributed by atoms with van der Waals surface area (Å²) < 4.78 is 3.41. The summed E-state index contributed by atoms with van der Waals surface area (Å²) in [5, 5.41) is 15.0. The van der Waals surface area contributed by atoms with Crippen molar-refractivity contribution in [2.24, 2.45) is 0 Å². The minimum atomic E-state index is -0.424. The fourth-order valence-corrected chi connectivity index (χ4v) is 4.11. The summed E-state index contributed by atoms with van der Waals surface area (Å²) in [6.45, 7) is 0.841. The van der Waals surface area contributed by atoms with Crippen LogP contribution in [0.5, 0.6) is 0 Å². The molecule has 1 aliphatic heterocycles. The molecular formula is C23H21N5O3. The zero-order valence-electron chi connectivity index (χ0n) is 16.8. The van der Waals surface area contributed by atoms with E-state index in [1.807, 2.05) is 36.5 Å². The Morgan fingerprint density at radius 2 is 1.77 bits per heavy atom. The molecule has 0 unspecified atom stereocenters. The predicted octanol–water partition coefficient (Wildman–Crippen LogP) is 3.05. The Bertz CT molecular complexity index is 1360. The number of nitrogens with zero attached hydrogens (tertiary/aromatic N) is 4. The first-order chi connectivity index (χ1) is 15.1. The van der Waals surface area contributed by atoms with Crippen LogP contribution in [0.4, 0.5) is 5.69 Å². The van der Waals surface area contributed by atoms with Gasteiger partial charge in [-0.1, -0.05) is 24.6 Å². The number of benzene rings is 2. The molecule has 1 aliphatic rings. The normalized spacial score (nSPS) is 16.1. The number of fused-ring (bicyclic) bond motifs is 1. The molecule has 8 nitrogen and oxygen atoms in total. The quantitative estimate of drug-likeness (QED) is 0.410. The van der Waals surface area contributed by atoms with E-state index in [4.69, 9.17) is 4.98 Å². The maximum absolute atomic E-state index is 13.5. The summed E-state index contributed by atoms with van der Waals surface area (Å²) in [6, 6.07) is 15.8. The van der Waals surface area contributed by atoms with Crippen molar-refractivity contribution in [1.82, 2.24) is 19.5 Å². The number of aromatic nitrogens is 3. The van der Waals surface area contributed by atoms with Crippen LogP contribution in [0.15, 0.2) is 65.6 Å². The van der Waals surface area contributed by atoms with Crippen molar-refractivity contribution in [3.05, 3.63) is 86.5 Å². The van der Waals surface area contributed by atoms with Crippen molar-refractivity contribution in [2.75, 3.05) is 6.54 Å². The third-order valence-electron chi connectivity index (χ3n) is 5.65. The van der Waals surface area contributed by atoms with Crippen molar-refractivity contribution in [3.8, 4) is 16.9 Å². The highest BCUT2D eigenvalue weighted by Crippen LogP contribution is 2.22. The van der Waals surface area contributed by atoms with Gasteiger partial charge < -0.3 is 5.32 Å². The molecule has 2 aromatic carbocycles. The first-order valence-corrected chi connectivity index (χ1v) is 10.3. The van der Waals surface area contributed by atoms with Crippen molar-refractivity contribution in [2.45, 2.75) is 25.7 Å². The summed E-state index contributed by atoms with van der Waals surface area (Å²) in [5.41, 5.74) is 3.62. The standard InChI is InChI=1S/C23H21N5O3/c29-23-21(19-9-5-2-6-14-24-19)22-25-20(16-10-12-18(13-11-16)28(30)31)15-26(22)27(23)17-7-3-1-4-8-17/h1,3-4,7-8,10-13,15,24H,2,5-6,9,14H2/b21-19+. The highest BCUT2D eigenvalue weighted by Gasteiger charge is 2.19. The van der Waals surface area contributed by atoms with E-state index in [-0.39, 0.29) is 11.2 Å². The Kier molecular flexibility index (Phi) is 4.74. The third-order valence-corrected chi connectivity index (χ3v) is 5.65. The Morgan fingerprint density at radius 1 is 1.00 bits per heavy atom. The predicted molar refractivity (Wildman–Crippen MR) is 118 cm³/mol. The molecule has 31 heavy (non-hydrogen) atoms. The molecule has 0 atom stereocenters. The Labute approximate surface area is 177 Å². The van der Waals surface area contributed by atoms with E-state index in [2.05, 4.69) is 5.32 Å². The monoisotopic (exact) mass is 415 g/mol. The molecule has 0 aliphatic carbocycles. The fraction of sp³-hybridized carbons (Fsp3) is 0.217. The molecule has 0 spiro atoms. The van der Waals surface area contributed by atoms with Crippen molar-refractivity contribution in [3.63, 3.8) is 0 Å². The first-order valence-electron chi connectivity index (χ1n) is 10.3. The van der Waals surface area contributed by atoms with E-state index in [1.54, 1.807) is 21.3 Å². The maximum Gasteiger partial charge on any atom is 0.283 e. The minimum Gasteiger partial charge on any atom is -0.388 e. The average Bonchev–Trinajstić information content (AvgIpc) is 3.18. The lowest BCUT2D eigenvalue weighted by Gasteiger charge is -2.04. The average molecular weight is 415 g/mol. The number of hydrogen-bond acceptors (Lipinski definition) is 5. The smallest absolute Gasteiger partial charge is 0.283 e. The van der Waals surface area contributed by atoms with Gasteiger partial charge in [0, 0.05) is 29.9 Å². The number of non-ortho nitro benzene ring substituents is 1. The molecule has 4 aromatic rings. The van der Waals surface area contributed by atoms with Gasteiger partial charge >= 0.3 is 0 Å². The molecule has 0 amide bonds. The highest BCUT2D eigenvalue weighted by molar-refractivity contribution is 5.66. The third kappa shape index (κ3) is 3.35. The molecule has 1 saturated heterocycles. The van der Waals surface area contributed by atoms with Gasteiger partial charge in [-0.25, -0.2) is 14.2 Å². The van der Waals surface area contributed by atoms with Gasteiger partial charge in [-0.15, -0.1) is 0 Å². The summed E-state index contributed by atoms with van der Waals surface area (Å²) in [6.07, 6.45) is 5.86. The summed E-state index contributed by atoms with van der Waals surface area (Å²) >= 11 is 0. The Hall–Kier alpha value is -3.94. The summed E-state index contributed by atoms with van der Waals surface area (Å²) in [4.78, 5) is 28.8. The zero-order chi connectivity index (χ0) is 21.4. The second-order valence-corrected chi connectivity index (χ2v) is 7.64. The number of imidazole rings is 1. The number of para-hydroxylation sites is 1. The van der Waals surface area contributed by atoms with Gasteiger partial charge in [0.05, 0.1) is 22.5 Å². The van der Waals surface area contributed by atoms with Crippen LogP contribution >= 0.6 is 0 Å². The van der Waals surface area contributed by atoms with Crippen LogP contribution in [0.2, 0.25) is 0 Å². The second-order valence-electron chi connectivity index (χ2n) is 7.64. The SMILES string of the molecule is O=c1/c(=C2\CCCCCN2)c2nc(-c3ccc([N+](=O)[O-])cc3)cn2n1-c1ccccc1. The largest absolute Gasteiger partial charge is 0.388 e. The minimum absolute atomic E-state index is 0.0297. The number of nitro groups is 1. The van der Waals surface area contributed by atoms with Crippen molar-refractivity contribution in [1.29, 1.82) is 0 Å². The Balaban J connectivity index is 1.77. The molecule has 1 N–H and O–H groups in total. The van der Waals surface area contributed by atoms with Gasteiger partial charge in [-0.05, 0) is 43.5 Å². The van der Waals surface area contributed by atoms with Crippen LogP contribution in [-0.4, -0.2) is 25.6 Å². The van der Waals surface area contributed by atoms with E-state index in [9.17, 15) is 14.9 Å². The van der Waals surface area contributed by atoms with Crippen LogP contribution in [0.25, 0.3) is 28.3 Å². The molecular weight excluding hydrogens is 394 g/mol. The van der Waals surface area contributed by atoms with E-state index >= 15 is 0 Å². The van der Waals surface area contributed by atoms with E-state index in [0.29, 0.717) is 16.6 Å². The fourth-order valence-electron chi connectivity index (χ4n) is 4.11. The van der Waals surface area contributed by atoms with E-state index < -0.39 is 4.92 Å². The lowest BCUT2D eigenvalue weighted by molar-refractivity contribution is -0.384. The van der Waals surface area contributed by atoms with Crippen LogP contribution in [0.3, 0.4) is 0 Å². The van der Waals surface area contributed by atoms with E-state index in [0.717, 1.165) is 49.2 Å². The Morgan fingerprint density at radius 3 is 2.52 bits per heavy atom. The molecule has 5 rings (SSSR count). The number of hydrogen-bond donors (Lipinski definition) is 1. The zero-order valence-corrected chi connectivity index (χ0v) is 16.8. The van der Waals surface area contributed by atoms with Gasteiger partial charge in [0.2, 0.25) is 0 Å². The van der Waals surface area contributed by atoms with Crippen molar-refractivity contribution >= 4 is 17.0 Å². The highest BCUT2D eigenvalue weighted by atomic mass is 16.6. The van der Waals surface area contributed by atoms with Crippen LogP contribution in [-0.2, 0) is 0 Å². The van der Waals surface area contributed by atoms with Gasteiger partial charge in [0.1, 0.15) is 5.22 Å². The van der Waals surface area contributed by atoms with Crippen molar-refractivity contribution < 1.29 is 4.92 Å². The first kappa shape index (κ1) is 19.0. The molecule has 0 saturated carbocycles.